The standard InChI is InChI=1S/C14H21NO2/c16-10-12-6-4-11(5-7-12)8-15-9-13-2-1-3-14(13)17/h4-7,13-17H,1-3,8-10H2. The zero-order valence-electron chi connectivity index (χ0n) is 10.1. The van der Waals surface area contributed by atoms with Crippen LogP contribution in [0.3, 0.4) is 0 Å². The van der Waals surface area contributed by atoms with Gasteiger partial charge in [-0.25, -0.2) is 0 Å². The lowest BCUT2D eigenvalue weighted by molar-refractivity contribution is 0.131. The molecule has 2 atom stereocenters. The second-order valence-corrected chi connectivity index (χ2v) is 4.86. The number of hydrogen-bond donors (Lipinski definition) is 3. The molecule has 1 aromatic carbocycles. The molecule has 1 aliphatic carbocycles. The molecule has 2 unspecified atom stereocenters. The monoisotopic (exact) mass is 235 g/mol. The lowest BCUT2D eigenvalue weighted by atomic mass is 10.1. The summed E-state index contributed by atoms with van der Waals surface area (Å²) in [6.07, 6.45) is 3.13. The van der Waals surface area contributed by atoms with Crippen LogP contribution in [0.15, 0.2) is 24.3 Å². The van der Waals surface area contributed by atoms with Gasteiger partial charge in [-0.3, -0.25) is 0 Å². The normalized spacial score (nSPS) is 24.1. The molecule has 17 heavy (non-hydrogen) atoms. The fourth-order valence-corrected chi connectivity index (χ4v) is 2.42. The van der Waals surface area contributed by atoms with Gasteiger partial charge in [0.2, 0.25) is 0 Å². The molecule has 1 aromatic rings. The van der Waals surface area contributed by atoms with Crippen molar-refractivity contribution < 1.29 is 10.2 Å². The molecule has 0 saturated heterocycles. The van der Waals surface area contributed by atoms with Crippen molar-refractivity contribution in [2.24, 2.45) is 5.92 Å². The lowest BCUT2D eigenvalue weighted by Gasteiger charge is -2.15. The Morgan fingerprint density at radius 3 is 2.41 bits per heavy atom. The molecule has 0 heterocycles. The van der Waals surface area contributed by atoms with Crippen molar-refractivity contribution in [3.8, 4) is 0 Å². The average molecular weight is 235 g/mol. The van der Waals surface area contributed by atoms with Gasteiger partial charge in [-0.1, -0.05) is 30.7 Å². The third-order valence-corrected chi connectivity index (χ3v) is 3.56. The first-order valence-corrected chi connectivity index (χ1v) is 6.37. The Labute approximate surface area is 102 Å². The van der Waals surface area contributed by atoms with Gasteiger partial charge in [0.25, 0.3) is 0 Å². The summed E-state index contributed by atoms with van der Waals surface area (Å²) in [4.78, 5) is 0. The SMILES string of the molecule is OCc1ccc(CNCC2CCCC2O)cc1. The predicted octanol–water partition coefficient (Wildman–Crippen LogP) is 1.43. The van der Waals surface area contributed by atoms with E-state index in [1.54, 1.807) is 0 Å². The highest BCUT2D eigenvalue weighted by molar-refractivity contribution is 5.21. The molecule has 0 amide bonds. The topological polar surface area (TPSA) is 52.5 Å². The summed E-state index contributed by atoms with van der Waals surface area (Å²) < 4.78 is 0. The van der Waals surface area contributed by atoms with E-state index in [1.807, 2.05) is 24.3 Å². The van der Waals surface area contributed by atoms with E-state index in [4.69, 9.17) is 5.11 Å². The Hall–Kier alpha value is -0.900. The molecule has 1 fully saturated rings. The van der Waals surface area contributed by atoms with Crippen LogP contribution < -0.4 is 5.32 Å². The first kappa shape index (κ1) is 12.6. The van der Waals surface area contributed by atoms with E-state index in [2.05, 4.69) is 5.32 Å². The first-order valence-electron chi connectivity index (χ1n) is 6.37. The Balaban J connectivity index is 1.73. The summed E-state index contributed by atoms with van der Waals surface area (Å²) in [6, 6.07) is 7.95. The smallest absolute Gasteiger partial charge is 0.0681 e. The minimum atomic E-state index is -0.112. The van der Waals surface area contributed by atoms with Crippen LogP contribution in [0.5, 0.6) is 0 Å². The number of hydrogen-bond acceptors (Lipinski definition) is 3. The van der Waals surface area contributed by atoms with E-state index >= 15 is 0 Å². The van der Waals surface area contributed by atoms with Crippen molar-refractivity contribution in [1.82, 2.24) is 5.32 Å². The average Bonchev–Trinajstić information content (AvgIpc) is 2.76. The summed E-state index contributed by atoms with van der Waals surface area (Å²) in [5.41, 5.74) is 2.16. The van der Waals surface area contributed by atoms with Gasteiger partial charge in [0.15, 0.2) is 0 Å². The van der Waals surface area contributed by atoms with Crippen molar-refractivity contribution in [2.75, 3.05) is 6.54 Å². The molecule has 0 radical (unpaired) electrons. The minimum Gasteiger partial charge on any atom is -0.393 e. The van der Waals surface area contributed by atoms with Crippen molar-refractivity contribution in [2.45, 2.75) is 38.5 Å². The highest BCUT2D eigenvalue weighted by Crippen LogP contribution is 2.24. The maximum absolute atomic E-state index is 9.69. The molecular formula is C14H21NO2. The Kier molecular flexibility index (Phi) is 4.54. The molecule has 3 heteroatoms. The van der Waals surface area contributed by atoms with E-state index in [1.165, 1.54) is 5.56 Å². The van der Waals surface area contributed by atoms with Gasteiger partial charge in [-0.15, -0.1) is 0 Å². The van der Waals surface area contributed by atoms with Crippen LogP contribution in [0.25, 0.3) is 0 Å². The van der Waals surface area contributed by atoms with Crippen molar-refractivity contribution in [3.05, 3.63) is 35.4 Å². The second kappa shape index (κ2) is 6.15. The van der Waals surface area contributed by atoms with Gasteiger partial charge < -0.3 is 15.5 Å². The van der Waals surface area contributed by atoms with Crippen LogP contribution in [0.2, 0.25) is 0 Å². The molecule has 1 aliphatic rings. The summed E-state index contributed by atoms with van der Waals surface area (Å²) in [7, 11) is 0. The summed E-state index contributed by atoms with van der Waals surface area (Å²) in [5.74, 6) is 0.423. The molecule has 3 nitrogen and oxygen atoms in total. The van der Waals surface area contributed by atoms with Crippen LogP contribution in [-0.4, -0.2) is 22.9 Å². The van der Waals surface area contributed by atoms with E-state index in [-0.39, 0.29) is 12.7 Å². The maximum Gasteiger partial charge on any atom is 0.0681 e. The fraction of sp³-hybridized carbons (Fsp3) is 0.571. The zero-order valence-corrected chi connectivity index (χ0v) is 10.1. The molecule has 3 N–H and O–H groups in total. The van der Waals surface area contributed by atoms with Gasteiger partial charge >= 0.3 is 0 Å². The molecule has 0 bridgehead atoms. The Bertz CT molecular complexity index is 337. The molecule has 94 valence electrons. The van der Waals surface area contributed by atoms with Crippen LogP contribution in [-0.2, 0) is 13.2 Å². The second-order valence-electron chi connectivity index (χ2n) is 4.86. The highest BCUT2D eigenvalue weighted by Gasteiger charge is 2.24. The number of aliphatic hydroxyl groups is 2. The highest BCUT2D eigenvalue weighted by atomic mass is 16.3. The van der Waals surface area contributed by atoms with Crippen molar-refractivity contribution >= 4 is 0 Å². The lowest BCUT2D eigenvalue weighted by Crippen LogP contribution is -2.27. The summed E-state index contributed by atoms with van der Waals surface area (Å²) in [6.45, 7) is 1.82. The maximum atomic E-state index is 9.69. The van der Waals surface area contributed by atoms with Crippen molar-refractivity contribution in [3.63, 3.8) is 0 Å². The quantitative estimate of drug-likeness (QED) is 0.723. The van der Waals surface area contributed by atoms with Crippen LogP contribution in [0.1, 0.15) is 30.4 Å². The molecule has 2 rings (SSSR count). The van der Waals surface area contributed by atoms with E-state index < -0.39 is 0 Å². The number of rotatable bonds is 5. The minimum absolute atomic E-state index is 0.0992. The predicted molar refractivity (Wildman–Crippen MR) is 67.4 cm³/mol. The Morgan fingerprint density at radius 2 is 1.82 bits per heavy atom. The van der Waals surface area contributed by atoms with Gasteiger partial charge in [-0.2, -0.15) is 0 Å². The van der Waals surface area contributed by atoms with Gasteiger partial charge in [-0.05, 0) is 29.9 Å². The fourth-order valence-electron chi connectivity index (χ4n) is 2.42. The molecule has 0 spiro atoms. The number of aliphatic hydroxyl groups excluding tert-OH is 2. The molecule has 0 aromatic heterocycles. The largest absolute Gasteiger partial charge is 0.393 e. The Morgan fingerprint density at radius 1 is 1.12 bits per heavy atom. The van der Waals surface area contributed by atoms with Crippen molar-refractivity contribution in [1.29, 1.82) is 0 Å². The number of nitrogens with one attached hydrogen (secondary N) is 1. The molecule has 0 aliphatic heterocycles. The summed E-state index contributed by atoms with van der Waals surface area (Å²) >= 11 is 0. The van der Waals surface area contributed by atoms with Crippen LogP contribution in [0, 0.1) is 5.92 Å². The molecular weight excluding hydrogens is 214 g/mol. The van der Waals surface area contributed by atoms with E-state index in [0.717, 1.165) is 37.9 Å². The zero-order chi connectivity index (χ0) is 12.1. The first-order chi connectivity index (χ1) is 8.29. The van der Waals surface area contributed by atoms with E-state index in [0.29, 0.717) is 5.92 Å². The van der Waals surface area contributed by atoms with Crippen LogP contribution >= 0.6 is 0 Å². The van der Waals surface area contributed by atoms with E-state index in [9.17, 15) is 5.11 Å². The van der Waals surface area contributed by atoms with Gasteiger partial charge in [0.05, 0.1) is 12.7 Å². The van der Waals surface area contributed by atoms with Gasteiger partial charge in [0, 0.05) is 13.1 Å². The molecule has 1 saturated carbocycles. The van der Waals surface area contributed by atoms with Crippen LogP contribution in [0.4, 0.5) is 0 Å². The summed E-state index contributed by atoms with van der Waals surface area (Å²) in [5, 5.41) is 22.0. The third-order valence-electron chi connectivity index (χ3n) is 3.56. The third kappa shape index (κ3) is 3.53. The number of benzene rings is 1. The van der Waals surface area contributed by atoms with Gasteiger partial charge in [0.1, 0.15) is 0 Å².